The zero-order valence-electron chi connectivity index (χ0n) is 16.9. The topological polar surface area (TPSA) is 69.7 Å². The lowest BCUT2D eigenvalue weighted by Crippen LogP contribution is -2.54. The predicted octanol–water partition coefficient (Wildman–Crippen LogP) is 2.92. The van der Waals surface area contributed by atoms with E-state index < -0.39 is 17.4 Å². The average molecular weight is 480 g/mol. The van der Waals surface area contributed by atoms with E-state index in [-0.39, 0.29) is 23.8 Å². The van der Waals surface area contributed by atoms with Gasteiger partial charge in [0.1, 0.15) is 5.54 Å². The van der Waals surface area contributed by atoms with E-state index in [1.54, 1.807) is 0 Å². The van der Waals surface area contributed by atoms with Gasteiger partial charge in [-0.2, -0.15) is 0 Å². The highest BCUT2D eigenvalue weighted by Gasteiger charge is 2.74. The lowest BCUT2D eigenvalue weighted by molar-refractivity contribution is -0.145. The SMILES string of the molecule is O=C1[C@@H]2[C@H]3CCCN3[C@@]3(C(=O)Nc4ccc(Br)cc43)[C@@H]2C(=O)N1CCc1ccccc1. The molecule has 0 saturated carbocycles. The molecule has 31 heavy (non-hydrogen) atoms. The summed E-state index contributed by atoms with van der Waals surface area (Å²) >= 11 is 3.53. The van der Waals surface area contributed by atoms with Gasteiger partial charge in [0.15, 0.2) is 0 Å². The minimum Gasteiger partial charge on any atom is -0.324 e. The second kappa shape index (κ2) is 6.74. The van der Waals surface area contributed by atoms with Crippen LogP contribution in [0.3, 0.4) is 0 Å². The van der Waals surface area contributed by atoms with E-state index in [0.29, 0.717) is 13.0 Å². The zero-order chi connectivity index (χ0) is 21.3. The number of carbonyl (C=O) groups excluding carboxylic acids is 3. The van der Waals surface area contributed by atoms with Gasteiger partial charge in [-0.1, -0.05) is 46.3 Å². The van der Waals surface area contributed by atoms with E-state index in [9.17, 15) is 14.4 Å². The van der Waals surface area contributed by atoms with E-state index >= 15 is 0 Å². The molecular weight excluding hydrogens is 458 g/mol. The Morgan fingerprint density at radius 2 is 1.87 bits per heavy atom. The molecule has 4 aliphatic heterocycles. The highest BCUT2D eigenvalue weighted by atomic mass is 79.9. The first kappa shape index (κ1) is 19.2. The monoisotopic (exact) mass is 479 g/mol. The lowest BCUT2D eigenvalue weighted by atomic mass is 9.75. The number of rotatable bonds is 3. The maximum Gasteiger partial charge on any atom is 0.250 e. The first-order valence-corrected chi connectivity index (χ1v) is 11.6. The second-order valence-corrected chi connectivity index (χ2v) is 9.80. The molecule has 158 valence electrons. The van der Waals surface area contributed by atoms with Crippen molar-refractivity contribution < 1.29 is 14.4 Å². The van der Waals surface area contributed by atoms with Crippen molar-refractivity contribution in [1.29, 1.82) is 0 Å². The van der Waals surface area contributed by atoms with Gasteiger partial charge in [0.2, 0.25) is 17.7 Å². The first-order chi connectivity index (χ1) is 15.0. The van der Waals surface area contributed by atoms with Gasteiger partial charge in [0.05, 0.1) is 11.8 Å². The molecule has 2 aromatic carbocycles. The van der Waals surface area contributed by atoms with Crippen molar-refractivity contribution in [1.82, 2.24) is 9.80 Å². The standard InChI is InChI=1S/C24H22BrN3O3/c25-15-8-9-17-16(13-15)24(23(31)26-17)20-19(18-7-4-11-28(18)24)21(29)27(22(20)30)12-10-14-5-2-1-3-6-14/h1-3,5-6,8-9,13,18-20H,4,7,10-12H2,(H,26,31)/t18-,19-,20+,24-/m1/s1. The third-order valence-corrected chi connectivity index (χ3v) is 8.01. The number of carbonyl (C=O) groups is 3. The van der Waals surface area contributed by atoms with Crippen molar-refractivity contribution in [2.45, 2.75) is 30.8 Å². The van der Waals surface area contributed by atoms with Gasteiger partial charge >= 0.3 is 0 Å². The van der Waals surface area contributed by atoms with E-state index in [0.717, 1.165) is 40.7 Å². The summed E-state index contributed by atoms with van der Waals surface area (Å²) in [5, 5.41) is 3.01. The Balaban J connectivity index is 1.43. The van der Waals surface area contributed by atoms with Gasteiger partial charge in [-0.05, 0) is 49.6 Å². The maximum absolute atomic E-state index is 13.7. The molecule has 4 aliphatic rings. The molecule has 3 saturated heterocycles. The fourth-order valence-electron chi connectivity index (χ4n) is 6.34. The third kappa shape index (κ3) is 2.44. The molecule has 4 heterocycles. The highest BCUT2D eigenvalue weighted by Crippen LogP contribution is 2.60. The first-order valence-electron chi connectivity index (χ1n) is 10.8. The van der Waals surface area contributed by atoms with Crippen molar-refractivity contribution in [2.24, 2.45) is 11.8 Å². The van der Waals surface area contributed by atoms with Gasteiger partial charge in [0.25, 0.3) is 0 Å². The van der Waals surface area contributed by atoms with Crippen molar-refractivity contribution >= 4 is 39.3 Å². The molecule has 3 fully saturated rings. The summed E-state index contributed by atoms with van der Waals surface area (Å²) in [6.07, 6.45) is 2.39. The van der Waals surface area contributed by atoms with Crippen LogP contribution < -0.4 is 5.32 Å². The van der Waals surface area contributed by atoms with Crippen LogP contribution in [0.5, 0.6) is 0 Å². The van der Waals surface area contributed by atoms with Crippen LogP contribution in [-0.4, -0.2) is 46.7 Å². The molecule has 0 unspecified atom stereocenters. The Bertz CT molecular complexity index is 1120. The summed E-state index contributed by atoms with van der Waals surface area (Å²) in [6.45, 7) is 1.08. The normalized spacial score (nSPS) is 31.3. The van der Waals surface area contributed by atoms with E-state index in [2.05, 4.69) is 26.1 Å². The predicted molar refractivity (Wildman–Crippen MR) is 118 cm³/mol. The molecule has 4 atom stereocenters. The van der Waals surface area contributed by atoms with E-state index in [4.69, 9.17) is 0 Å². The van der Waals surface area contributed by atoms with E-state index in [1.165, 1.54) is 4.90 Å². The van der Waals surface area contributed by atoms with Crippen LogP contribution in [-0.2, 0) is 26.3 Å². The largest absolute Gasteiger partial charge is 0.324 e. The number of amides is 3. The number of halogens is 1. The number of imide groups is 1. The van der Waals surface area contributed by atoms with Crippen LogP contribution in [0.2, 0.25) is 0 Å². The highest BCUT2D eigenvalue weighted by molar-refractivity contribution is 9.10. The Morgan fingerprint density at radius 3 is 2.68 bits per heavy atom. The number of hydrogen-bond donors (Lipinski definition) is 1. The quantitative estimate of drug-likeness (QED) is 0.687. The number of nitrogens with one attached hydrogen (secondary N) is 1. The number of hydrogen-bond acceptors (Lipinski definition) is 4. The second-order valence-electron chi connectivity index (χ2n) is 8.88. The molecule has 6 rings (SSSR count). The molecule has 0 aliphatic carbocycles. The van der Waals surface area contributed by atoms with Crippen LogP contribution in [0.1, 0.15) is 24.0 Å². The zero-order valence-corrected chi connectivity index (χ0v) is 18.5. The van der Waals surface area contributed by atoms with Gasteiger partial charge in [-0.25, -0.2) is 0 Å². The van der Waals surface area contributed by atoms with Crippen molar-refractivity contribution in [2.75, 3.05) is 18.4 Å². The fourth-order valence-corrected chi connectivity index (χ4v) is 6.70. The number of likely N-dealkylation sites (tertiary alicyclic amines) is 1. The number of anilines is 1. The van der Waals surface area contributed by atoms with Crippen molar-refractivity contribution in [3.05, 3.63) is 64.1 Å². The molecule has 0 bridgehead atoms. The number of benzene rings is 2. The lowest BCUT2D eigenvalue weighted by Gasteiger charge is -2.36. The van der Waals surface area contributed by atoms with Crippen molar-refractivity contribution in [3.63, 3.8) is 0 Å². The number of nitrogens with zero attached hydrogens (tertiary/aromatic N) is 2. The molecular formula is C24H22BrN3O3. The Labute approximate surface area is 188 Å². The molecule has 2 aromatic rings. The smallest absolute Gasteiger partial charge is 0.250 e. The van der Waals surface area contributed by atoms with Gasteiger partial charge in [-0.15, -0.1) is 0 Å². The number of fused-ring (bicyclic) bond motifs is 7. The molecule has 7 heteroatoms. The summed E-state index contributed by atoms with van der Waals surface area (Å²) in [6, 6.07) is 15.5. The summed E-state index contributed by atoms with van der Waals surface area (Å²) in [7, 11) is 0. The van der Waals surface area contributed by atoms with Gasteiger partial charge in [-0.3, -0.25) is 24.2 Å². The molecule has 3 amide bonds. The van der Waals surface area contributed by atoms with Gasteiger partial charge < -0.3 is 5.32 Å². The summed E-state index contributed by atoms with van der Waals surface area (Å²) in [5.41, 5.74) is 1.55. The Kier molecular flexibility index (Phi) is 4.17. The minimum atomic E-state index is -1.10. The fraction of sp³-hybridized carbons (Fsp3) is 0.375. The van der Waals surface area contributed by atoms with Gasteiger partial charge in [0, 0.05) is 28.3 Å². The van der Waals surface area contributed by atoms with Crippen LogP contribution >= 0.6 is 15.9 Å². The molecule has 0 aromatic heterocycles. The van der Waals surface area contributed by atoms with Crippen LogP contribution in [0.25, 0.3) is 0 Å². The van der Waals surface area contributed by atoms with Crippen LogP contribution in [0, 0.1) is 11.8 Å². The van der Waals surface area contributed by atoms with Crippen LogP contribution in [0.4, 0.5) is 5.69 Å². The Morgan fingerprint density at radius 1 is 1.06 bits per heavy atom. The summed E-state index contributed by atoms with van der Waals surface area (Å²) in [5.74, 6) is -1.62. The Hall–Kier alpha value is -2.51. The van der Waals surface area contributed by atoms with Crippen molar-refractivity contribution in [3.8, 4) is 0 Å². The molecule has 6 nitrogen and oxygen atoms in total. The minimum absolute atomic E-state index is 0.0705. The van der Waals surface area contributed by atoms with E-state index in [1.807, 2.05) is 48.5 Å². The molecule has 1 N–H and O–H groups in total. The average Bonchev–Trinajstić information content (AvgIpc) is 3.47. The molecule has 1 spiro atoms. The third-order valence-electron chi connectivity index (χ3n) is 7.51. The summed E-state index contributed by atoms with van der Waals surface area (Å²) in [4.78, 5) is 44.4. The molecule has 0 radical (unpaired) electrons. The maximum atomic E-state index is 13.7. The summed E-state index contributed by atoms with van der Waals surface area (Å²) < 4.78 is 0.860. The van der Waals surface area contributed by atoms with Crippen LogP contribution in [0.15, 0.2) is 53.0 Å².